The van der Waals surface area contributed by atoms with Crippen LogP contribution >= 0.6 is 11.3 Å². The molecule has 1 aromatic heterocycles. The molecule has 1 fully saturated rings. The molecule has 2 rings (SSSR count). The molecule has 0 atom stereocenters. The number of piperidine rings is 1. The quantitative estimate of drug-likeness (QED) is 0.869. The number of carbonyl (C=O) groups excluding carboxylic acids is 2. The van der Waals surface area contributed by atoms with Gasteiger partial charge in [0.05, 0.1) is 11.4 Å². The molecule has 0 aromatic carbocycles. The van der Waals surface area contributed by atoms with Crippen molar-refractivity contribution in [3.8, 4) is 0 Å². The number of likely N-dealkylation sites (N-methyl/N-ethyl adjacent to an activating group) is 1. The van der Waals surface area contributed by atoms with Crippen LogP contribution in [0.1, 0.15) is 35.9 Å². The van der Waals surface area contributed by atoms with Crippen LogP contribution in [0.4, 0.5) is 0 Å². The summed E-state index contributed by atoms with van der Waals surface area (Å²) < 4.78 is 0. The highest BCUT2D eigenvalue weighted by Gasteiger charge is 2.29. The van der Waals surface area contributed by atoms with Crippen LogP contribution in [-0.2, 0) is 4.79 Å². The molecule has 6 heteroatoms. The highest BCUT2D eigenvalue weighted by molar-refractivity contribution is 7.12. The molecule has 1 aromatic rings. The van der Waals surface area contributed by atoms with Gasteiger partial charge in [0.2, 0.25) is 5.91 Å². The molecule has 1 aliphatic rings. The topological polar surface area (TPSA) is 52.7 Å². The average Bonchev–Trinajstić information content (AvgIpc) is 3.07. The number of thiophene rings is 1. The Kier molecular flexibility index (Phi) is 6.39. The van der Waals surface area contributed by atoms with E-state index in [0.717, 1.165) is 43.8 Å². The fourth-order valence-corrected chi connectivity index (χ4v) is 3.60. The number of nitrogens with one attached hydrogen (secondary N) is 1. The average molecular weight is 323 g/mol. The van der Waals surface area contributed by atoms with Crippen molar-refractivity contribution in [3.63, 3.8) is 0 Å². The fraction of sp³-hybridized carbons (Fsp3) is 0.625. The van der Waals surface area contributed by atoms with Gasteiger partial charge >= 0.3 is 0 Å². The van der Waals surface area contributed by atoms with Crippen molar-refractivity contribution in [3.05, 3.63) is 22.4 Å². The van der Waals surface area contributed by atoms with Crippen molar-refractivity contribution in [2.45, 2.75) is 32.2 Å². The van der Waals surface area contributed by atoms with Crippen molar-refractivity contribution < 1.29 is 9.59 Å². The van der Waals surface area contributed by atoms with Gasteiger partial charge in [0.1, 0.15) is 0 Å². The highest BCUT2D eigenvalue weighted by atomic mass is 32.1. The maximum Gasteiger partial charge on any atom is 0.264 e. The van der Waals surface area contributed by atoms with Crippen molar-refractivity contribution >= 4 is 23.2 Å². The summed E-state index contributed by atoms with van der Waals surface area (Å²) in [6, 6.07) is 4.05. The molecule has 22 heavy (non-hydrogen) atoms. The third-order valence-corrected chi connectivity index (χ3v) is 4.90. The van der Waals surface area contributed by atoms with E-state index in [0.29, 0.717) is 6.54 Å². The Hall–Kier alpha value is -1.40. The molecule has 1 saturated heterocycles. The van der Waals surface area contributed by atoms with Gasteiger partial charge in [-0.25, -0.2) is 0 Å². The van der Waals surface area contributed by atoms with Crippen LogP contribution < -0.4 is 5.32 Å². The van der Waals surface area contributed by atoms with E-state index in [-0.39, 0.29) is 17.9 Å². The van der Waals surface area contributed by atoms with Gasteiger partial charge in [0.15, 0.2) is 0 Å². The van der Waals surface area contributed by atoms with E-state index < -0.39 is 0 Å². The minimum absolute atomic E-state index is 0.136. The van der Waals surface area contributed by atoms with Crippen LogP contribution in [0.3, 0.4) is 0 Å². The second-order valence-electron chi connectivity index (χ2n) is 5.62. The van der Waals surface area contributed by atoms with E-state index in [1.165, 1.54) is 11.3 Å². The van der Waals surface area contributed by atoms with Crippen molar-refractivity contribution in [2.24, 2.45) is 0 Å². The maximum atomic E-state index is 12.7. The standard InChI is InChI=1S/C16H25N3O2S/c1-3-8-19(16(21)14-5-4-11-22-14)13-6-9-18(10-7-13)15(20)12-17-2/h4-5,11,13,17H,3,6-10,12H2,1-2H3. The third-order valence-electron chi connectivity index (χ3n) is 4.04. The largest absolute Gasteiger partial charge is 0.341 e. The lowest BCUT2D eigenvalue weighted by molar-refractivity contribution is -0.131. The van der Waals surface area contributed by atoms with Crippen LogP contribution in [-0.4, -0.2) is 60.9 Å². The van der Waals surface area contributed by atoms with Gasteiger partial charge in [-0.1, -0.05) is 13.0 Å². The first-order chi connectivity index (χ1) is 10.7. The molecule has 0 unspecified atom stereocenters. The predicted molar refractivity (Wildman–Crippen MR) is 89.2 cm³/mol. The SMILES string of the molecule is CCCN(C(=O)c1cccs1)C1CCN(C(=O)CNC)CC1. The van der Waals surface area contributed by atoms with Crippen molar-refractivity contribution in [1.29, 1.82) is 0 Å². The van der Waals surface area contributed by atoms with Gasteiger partial charge in [-0.15, -0.1) is 11.3 Å². The Bertz CT molecular complexity index is 482. The summed E-state index contributed by atoms with van der Waals surface area (Å²) in [6.07, 6.45) is 2.69. The van der Waals surface area contributed by atoms with E-state index in [2.05, 4.69) is 12.2 Å². The van der Waals surface area contributed by atoms with E-state index in [1.54, 1.807) is 7.05 Å². The summed E-state index contributed by atoms with van der Waals surface area (Å²) in [7, 11) is 1.79. The number of amides is 2. The summed E-state index contributed by atoms with van der Waals surface area (Å²) in [5, 5.41) is 4.84. The first-order valence-corrected chi connectivity index (χ1v) is 8.82. The number of nitrogens with zero attached hydrogens (tertiary/aromatic N) is 2. The minimum Gasteiger partial charge on any atom is -0.341 e. The van der Waals surface area contributed by atoms with Gasteiger partial charge in [-0.05, 0) is 37.8 Å². The Labute approximate surface area is 136 Å². The molecule has 1 N–H and O–H groups in total. The maximum absolute atomic E-state index is 12.7. The van der Waals surface area contributed by atoms with Crippen molar-refractivity contribution in [1.82, 2.24) is 15.1 Å². The zero-order valence-electron chi connectivity index (χ0n) is 13.4. The molecule has 0 radical (unpaired) electrons. The highest BCUT2D eigenvalue weighted by Crippen LogP contribution is 2.21. The normalized spacial score (nSPS) is 15.8. The Balaban J connectivity index is 1.97. The number of hydrogen-bond acceptors (Lipinski definition) is 4. The van der Waals surface area contributed by atoms with Gasteiger partial charge in [0, 0.05) is 25.7 Å². The number of carbonyl (C=O) groups is 2. The molecule has 0 saturated carbocycles. The third kappa shape index (κ3) is 4.08. The molecule has 0 bridgehead atoms. The lowest BCUT2D eigenvalue weighted by Gasteiger charge is -2.38. The molecule has 122 valence electrons. The second-order valence-corrected chi connectivity index (χ2v) is 6.57. The Morgan fingerprint density at radius 3 is 2.68 bits per heavy atom. The Morgan fingerprint density at radius 1 is 1.41 bits per heavy atom. The van der Waals surface area contributed by atoms with E-state index in [4.69, 9.17) is 0 Å². The number of rotatable bonds is 6. The van der Waals surface area contributed by atoms with E-state index in [1.807, 2.05) is 27.3 Å². The molecule has 0 aliphatic carbocycles. The van der Waals surface area contributed by atoms with Crippen LogP contribution in [0.15, 0.2) is 17.5 Å². The molecular weight excluding hydrogens is 298 g/mol. The van der Waals surface area contributed by atoms with Gasteiger partial charge in [-0.3, -0.25) is 9.59 Å². The smallest absolute Gasteiger partial charge is 0.264 e. The summed E-state index contributed by atoms with van der Waals surface area (Å²) in [6.45, 7) is 4.75. The molecular formula is C16H25N3O2S. The van der Waals surface area contributed by atoms with E-state index in [9.17, 15) is 9.59 Å². The Morgan fingerprint density at radius 2 is 2.14 bits per heavy atom. The van der Waals surface area contributed by atoms with Crippen molar-refractivity contribution in [2.75, 3.05) is 33.2 Å². The monoisotopic (exact) mass is 323 g/mol. The number of hydrogen-bond donors (Lipinski definition) is 1. The first kappa shape index (κ1) is 17.0. The fourth-order valence-electron chi connectivity index (χ4n) is 2.92. The lowest BCUT2D eigenvalue weighted by Crippen LogP contribution is -2.50. The minimum atomic E-state index is 0.136. The molecule has 5 nitrogen and oxygen atoms in total. The zero-order chi connectivity index (χ0) is 15.9. The van der Waals surface area contributed by atoms with Crippen LogP contribution in [0.2, 0.25) is 0 Å². The summed E-state index contributed by atoms with van der Waals surface area (Å²) >= 11 is 1.50. The van der Waals surface area contributed by atoms with Crippen LogP contribution in [0.5, 0.6) is 0 Å². The summed E-state index contributed by atoms with van der Waals surface area (Å²) in [5.41, 5.74) is 0. The van der Waals surface area contributed by atoms with Crippen LogP contribution in [0.25, 0.3) is 0 Å². The molecule has 2 amide bonds. The van der Waals surface area contributed by atoms with Gasteiger partial charge in [-0.2, -0.15) is 0 Å². The summed E-state index contributed by atoms with van der Waals surface area (Å²) in [5.74, 6) is 0.282. The molecule has 2 heterocycles. The van der Waals surface area contributed by atoms with Gasteiger partial charge in [0.25, 0.3) is 5.91 Å². The lowest BCUT2D eigenvalue weighted by atomic mass is 10.0. The van der Waals surface area contributed by atoms with Crippen LogP contribution in [0, 0.1) is 0 Å². The van der Waals surface area contributed by atoms with Gasteiger partial charge < -0.3 is 15.1 Å². The second kappa shape index (κ2) is 8.29. The molecule has 1 aliphatic heterocycles. The number of likely N-dealkylation sites (tertiary alicyclic amines) is 1. The zero-order valence-corrected chi connectivity index (χ0v) is 14.2. The first-order valence-electron chi connectivity index (χ1n) is 7.94. The van der Waals surface area contributed by atoms with E-state index >= 15 is 0 Å². The predicted octanol–water partition coefficient (Wildman–Crippen LogP) is 1.81. The molecule has 0 spiro atoms. The summed E-state index contributed by atoms with van der Waals surface area (Å²) in [4.78, 5) is 29.3.